The number of nitrogens with zero attached hydrogens (tertiary/aromatic N) is 2. The van der Waals surface area contributed by atoms with Crippen LogP contribution in [0.1, 0.15) is 24.7 Å². The fraction of sp³-hybridized carbons (Fsp3) is 0.333. The number of nitrogens with one attached hydrogen (secondary N) is 1. The average molecular weight is 257 g/mol. The summed E-state index contributed by atoms with van der Waals surface area (Å²) in [4.78, 5) is 8.29. The third kappa shape index (κ3) is 4.34. The van der Waals surface area contributed by atoms with Crippen LogP contribution in [0.15, 0.2) is 42.7 Å². The van der Waals surface area contributed by atoms with Crippen LogP contribution in [0.25, 0.3) is 0 Å². The molecule has 0 aliphatic heterocycles. The molecular weight excluding hydrogens is 238 g/mol. The summed E-state index contributed by atoms with van der Waals surface area (Å²) in [7, 11) is 0. The molecule has 1 aromatic heterocycles. The van der Waals surface area contributed by atoms with Gasteiger partial charge < -0.3 is 10.1 Å². The summed E-state index contributed by atoms with van der Waals surface area (Å²) in [5, 5.41) is 3.38. The predicted octanol–water partition coefficient (Wildman–Crippen LogP) is 2.56. The second kappa shape index (κ2) is 7.48. The Morgan fingerprint density at radius 1 is 1.11 bits per heavy atom. The molecule has 0 amide bonds. The van der Waals surface area contributed by atoms with Crippen LogP contribution in [-0.2, 0) is 13.2 Å². The van der Waals surface area contributed by atoms with Crippen LogP contribution < -0.4 is 10.1 Å². The van der Waals surface area contributed by atoms with E-state index in [9.17, 15) is 0 Å². The van der Waals surface area contributed by atoms with Crippen molar-refractivity contribution < 1.29 is 4.74 Å². The predicted molar refractivity (Wildman–Crippen MR) is 74.8 cm³/mol. The van der Waals surface area contributed by atoms with Gasteiger partial charge in [-0.1, -0.05) is 25.1 Å². The zero-order chi connectivity index (χ0) is 13.3. The minimum absolute atomic E-state index is 0.394. The SMILES string of the molecule is CCCNCc1ccccc1OCc1ncccn1. The quantitative estimate of drug-likeness (QED) is 0.774. The smallest absolute Gasteiger partial charge is 0.166 e. The molecule has 0 bridgehead atoms. The Kier molecular flexibility index (Phi) is 5.31. The molecule has 0 aliphatic rings. The van der Waals surface area contributed by atoms with Gasteiger partial charge in [0.15, 0.2) is 5.82 Å². The number of hydrogen-bond acceptors (Lipinski definition) is 4. The monoisotopic (exact) mass is 257 g/mol. The lowest BCUT2D eigenvalue weighted by Gasteiger charge is -2.11. The Morgan fingerprint density at radius 2 is 1.89 bits per heavy atom. The van der Waals surface area contributed by atoms with Gasteiger partial charge in [0.1, 0.15) is 12.4 Å². The van der Waals surface area contributed by atoms with Crippen molar-refractivity contribution in [2.75, 3.05) is 6.54 Å². The lowest BCUT2D eigenvalue weighted by molar-refractivity contribution is 0.292. The van der Waals surface area contributed by atoms with Gasteiger partial charge in [0.05, 0.1) is 0 Å². The topological polar surface area (TPSA) is 47.0 Å². The summed E-state index contributed by atoms with van der Waals surface area (Å²) < 4.78 is 5.79. The Morgan fingerprint density at radius 3 is 2.68 bits per heavy atom. The normalized spacial score (nSPS) is 10.4. The first-order chi connectivity index (χ1) is 9.40. The molecular formula is C15H19N3O. The fourth-order valence-electron chi connectivity index (χ4n) is 1.74. The molecule has 19 heavy (non-hydrogen) atoms. The highest BCUT2D eigenvalue weighted by Gasteiger charge is 2.03. The van der Waals surface area contributed by atoms with Crippen molar-refractivity contribution in [1.29, 1.82) is 0 Å². The second-order valence-electron chi connectivity index (χ2n) is 4.24. The molecule has 2 rings (SSSR count). The van der Waals surface area contributed by atoms with Gasteiger partial charge in [-0.2, -0.15) is 0 Å². The van der Waals surface area contributed by atoms with Crippen LogP contribution in [0.5, 0.6) is 5.75 Å². The first-order valence-electron chi connectivity index (χ1n) is 6.57. The fourth-order valence-corrected chi connectivity index (χ4v) is 1.74. The molecule has 1 heterocycles. The van der Waals surface area contributed by atoms with Crippen LogP contribution in [0.3, 0.4) is 0 Å². The van der Waals surface area contributed by atoms with Gasteiger partial charge in [-0.3, -0.25) is 0 Å². The standard InChI is InChI=1S/C15H19N3O/c1-2-8-16-11-13-6-3-4-7-14(13)19-12-15-17-9-5-10-18-15/h3-7,9-10,16H,2,8,11-12H2,1H3. The maximum absolute atomic E-state index is 5.79. The maximum Gasteiger partial charge on any atom is 0.166 e. The number of aromatic nitrogens is 2. The van der Waals surface area contributed by atoms with Crippen LogP contribution >= 0.6 is 0 Å². The summed E-state index contributed by atoms with van der Waals surface area (Å²) in [5.41, 5.74) is 1.16. The average Bonchev–Trinajstić information content (AvgIpc) is 2.48. The highest BCUT2D eigenvalue weighted by atomic mass is 16.5. The Bertz CT molecular complexity index is 488. The number of para-hydroxylation sites is 1. The minimum atomic E-state index is 0.394. The molecule has 0 radical (unpaired) electrons. The van der Waals surface area contributed by atoms with E-state index < -0.39 is 0 Å². The molecule has 1 aromatic carbocycles. The number of benzene rings is 1. The maximum atomic E-state index is 5.79. The minimum Gasteiger partial charge on any atom is -0.485 e. The molecule has 0 unspecified atom stereocenters. The second-order valence-corrected chi connectivity index (χ2v) is 4.24. The van der Waals surface area contributed by atoms with Gasteiger partial charge in [0, 0.05) is 24.5 Å². The highest BCUT2D eigenvalue weighted by molar-refractivity contribution is 5.33. The van der Waals surface area contributed by atoms with Crippen molar-refractivity contribution >= 4 is 0 Å². The van der Waals surface area contributed by atoms with E-state index in [0.29, 0.717) is 12.4 Å². The van der Waals surface area contributed by atoms with E-state index in [1.807, 2.05) is 18.2 Å². The number of rotatable bonds is 7. The molecule has 2 aromatic rings. The molecule has 0 aliphatic carbocycles. The summed E-state index contributed by atoms with van der Waals surface area (Å²) in [6, 6.07) is 9.85. The Labute approximate surface area is 113 Å². The van der Waals surface area contributed by atoms with Gasteiger partial charge in [-0.05, 0) is 25.1 Å². The van der Waals surface area contributed by atoms with E-state index in [4.69, 9.17) is 4.74 Å². The summed E-state index contributed by atoms with van der Waals surface area (Å²) in [6.07, 6.45) is 4.57. The van der Waals surface area contributed by atoms with Gasteiger partial charge in [0.25, 0.3) is 0 Å². The van der Waals surface area contributed by atoms with Gasteiger partial charge in [-0.15, -0.1) is 0 Å². The van der Waals surface area contributed by atoms with Gasteiger partial charge in [-0.25, -0.2) is 9.97 Å². The third-order valence-corrected chi connectivity index (χ3v) is 2.69. The molecule has 0 fully saturated rings. The van der Waals surface area contributed by atoms with Crippen LogP contribution in [-0.4, -0.2) is 16.5 Å². The largest absolute Gasteiger partial charge is 0.485 e. The summed E-state index contributed by atoms with van der Waals surface area (Å²) in [5.74, 6) is 1.58. The molecule has 0 spiro atoms. The zero-order valence-electron chi connectivity index (χ0n) is 11.2. The zero-order valence-corrected chi connectivity index (χ0v) is 11.2. The summed E-state index contributed by atoms with van der Waals surface area (Å²) >= 11 is 0. The Balaban J connectivity index is 1.95. The highest BCUT2D eigenvalue weighted by Crippen LogP contribution is 2.18. The summed E-state index contributed by atoms with van der Waals surface area (Å²) in [6.45, 7) is 4.38. The van der Waals surface area contributed by atoms with E-state index >= 15 is 0 Å². The van der Waals surface area contributed by atoms with E-state index in [1.54, 1.807) is 18.5 Å². The van der Waals surface area contributed by atoms with Crippen LogP contribution in [0, 0.1) is 0 Å². The molecule has 0 saturated heterocycles. The van der Waals surface area contributed by atoms with Crippen molar-refractivity contribution in [3.63, 3.8) is 0 Å². The van der Waals surface area contributed by atoms with Crippen LogP contribution in [0.4, 0.5) is 0 Å². The van der Waals surface area contributed by atoms with Crippen molar-refractivity contribution in [2.45, 2.75) is 26.5 Å². The van der Waals surface area contributed by atoms with Crippen molar-refractivity contribution in [3.8, 4) is 5.75 Å². The van der Waals surface area contributed by atoms with Crippen molar-refractivity contribution in [2.24, 2.45) is 0 Å². The van der Waals surface area contributed by atoms with E-state index in [1.165, 1.54) is 0 Å². The van der Waals surface area contributed by atoms with Gasteiger partial charge >= 0.3 is 0 Å². The molecule has 0 saturated carbocycles. The molecule has 4 heteroatoms. The molecule has 4 nitrogen and oxygen atoms in total. The van der Waals surface area contributed by atoms with Crippen molar-refractivity contribution in [3.05, 3.63) is 54.1 Å². The molecule has 1 N–H and O–H groups in total. The lowest BCUT2D eigenvalue weighted by Crippen LogP contribution is -2.14. The first kappa shape index (κ1) is 13.5. The van der Waals surface area contributed by atoms with E-state index in [2.05, 4.69) is 28.3 Å². The molecule has 100 valence electrons. The van der Waals surface area contributed by atoms with E-state index in [0.717, 1.165) is 30.8 Å². The first-order valence-corrected chi connectivity index (χ1v) is 6.57. The Hall–Kier alpha value is -1.94. The van der Waals surface area contributed by atoms with Gasteiger partial charge in [0.2, 0.25) is 0 Å². The number of hydrogen-bond donors (Lipinski definition) is 1. The molecule has 0 atom stereocenters. The van der Waals surface area contributed by atoms with Crippen LogP contribution in [0.2, 0.25) is 0 Å². The van der Waals surface area contributed by atoms with Crippen molar-refractivity contribution in [1.82, 2.24) is 15.3 Å². The van der Waals surface area contributed by atoms with E-state index in [-0.39, 0.29) is 0 Å². The third-order valence-electron chi connectivity index (χ3n) is 2.69. The lowest BCUT2D eigenvalue weighted by atomic mass is 10.2. The number of ether oxygens (including phenoxy) is 1.